The van der Waals surface area contributed by atoms with E-state index in [1.807, 2.05) is 36.4 Å². The van der Waals surface area contributed by atoms with Gasteiger partial charge in [0.05, 0.1) is 6.20 Å². The first-order valence-corrected chi connectivity index (χ1v) is 8.70. The summed E-state index contributed by atoms with van der Waals surface area (Å²) in [5.74, 6) is 0.989. The fourth-order valence-electron chi connectivity index (χ4n) is 3.88. The number of rotatable bonds is 5. The van der Waals surface area contributed by atoms with E-state index in [2.05, 4.69) is 10.3 Å². The maximum atomic E-state index is 12.8. The Kier molecular flexibility index (Phi) is 4.30. The summed E-state index contributed by atoms with van der Waals surface area (Å²) in [5.41, 5.74) is 1.77. The molecule has 0 radical (unpaired) electrons. The van der Waals surface area contributed by atoms with Gasteiger partial charge in [0.2, 0.25) is 0 Å². The van der Waals surface area contributed by atoms with Gasteiger partial charge in [-0.05, 0) is 37.3 Å². The second kappa shape index (κ2) is 6.73. The summed E-state index contributed by atoms with van der Waals surface area (Å²) in [6, 6.07) is 12.9. The highest BCUT2D eigenvalue weighted by Crippen LogP contribution is 2.33. The van der Waals surface area contributed by atoms with Gasteiger partial charge in [0.25, 0.3) is 0 Å². The fraction of sp³-hybridized carbons (Fsp3) is 0.400. The Morgan fingerprint density at radius 3 is 2.62 bits per heavy atom. The van der Waals surface area contributed by atoms with Crippen molar-refractivity contribution >= 4 is 5.78 Å². The molecular formula is C20H22N2O2. The molecule has 2 bridgehead atoms. The van der Waals surface area contributed by atoms with Crippen molar-refractivity contribution in [2.24, 2.45) is 5.92 Å². The summed E-state index contributed by atoms with van der Waals surface area (Å²) in [7, 11) is 0. The van der Waals surface area contributed by atoms with E-state index < -0.39 is 0 Å². The number of carbonyl (C=O) groups is 1. The summed E-state index contributed by atoms with van der Waals surface area (Å²) < 4.78 is 5.80. The lowest BCUT2D eigenvalue weighted by molar-refractivity contribution is 0.0874. The van der Waals surface area contributed by atoms with Crippen molar-refractivity contribution in [3.8, 4) is 5.75 Å². The van der Waals surface area contributed by atoms with Crippen LogP contribution in [0.25, 0.3) is 0 Å². The smallest absolute Gasteiger partial charge is 0.167 e. The van der Waals surface area contributed by atoms with Gasteiger partial charge < -0.3 is 10.1 Å². The molecule has 2 saturated heterocycles. The van der Waals surface area contributed by atoms with Crippen LogP contribution in [0.1, 0.15) is 41.6 Å². The molecule has 1 aromatic carbocycles. The van der Waals surface area contributed by atoms with Gasteiger partial charge in [0.15, 0.2) is 5.78 Å². The molecule has 0 spiro atoms. The number of hydrogen-bond acceptors (Lipinski definition) is 4. The van der Waals surface area contributed by atoms with E-state index in [-0.39, 0.29) is 11.7 Å². The topological polar surface area (TPSA) is 51.2 Å². The maximum Gasteiger partial charge on any atom is 0.167 e. The Bertz CT molecular complexity index is 705. The zero-order valence-electron chi connectivity index (χ0n) is 13.7. The number of pyridine rings is 1. The molecule has 0 amide bonds. The molecule has 24 heavy (non-hydrogen) atoms. The van der Waals surface area contributed by atoms with Gasteiger partial charge >= 0.3 is 0 Å². The van der Waals surface area contributed by atoms with Crippen LogP contribution in [-0.2, 0) is 6.61 Å². The van der Waals surface area contributed by atoms with Crippen LogP contribution >= 0.6 is 0 Å². The number of carbonyl (C=O) groups excluding carboxylic acids is 1. The second-order valence-corrected chi connectivity index (χ2v) is 6.85. The predicted octanol–water partition coefficient (Wildman–Crippen LogP) is 3.37. The van der Waals surface area contributed by atoms with Gasteiger partial charge in [-0.1, -0.05) is 30.3 Å². The van der Waals surface area contributed by atoms with E-state index in [9.17, 15) is 4.79 Å². The summed E-state index contributed by atoms with van der Waals surface area (Å²) in [5, 5.41) is 3.58. The predicted molar refractivity (Wildman–Crippen MR) is 92.0 cm³/mol. The number of piperidine rings is 1. The molecule has 3 heterocycles. The lowest BCUT2D eigenvalue weighted by Gasteiger charge is -2.28. The Hall–Kier alpha value is -2.20. The van der Waals surface area contributed by atoms with E-state index in [4.69, 9.17) is 4.74 Å². The van der Waals surface area contributed by atoms with Crippen LogP contribution in [0.2, 0.25) is 0 Å². The molecule has 0 aliphatic carbocycles. The van der Waals surface area contributed by atoms with Crippen LogP contribution in [-0.4, -0.2) is 22.9 Å². The molecule has 0 saturated carbocycles. The van der Waals surface area contributed by atoms with Gasteiger partial charge in [0, 0.05) is 29.8 Å². The fourth-order valence-corrected chi connectivity index (χ4v) is 3.88. The highest BCUT2D eigenvalue weighted by Gasteiger charge is 2.36. The van der Waals surface area contributed by atoms with Crippen LogP contribution in [0.3, 0.4) is 0 Å². The molecule has 2 aliphatic rings. The number of aromatic nitrogens is 1. The van der Waals surface area contributed by atoms with Crippen molar-refractivity contribution in [1.82, 2.24) is 10.3 Å². The number of nitrogens with zero attached hydrogens (tertiary/aromatic N) is 1. The average molecular weight is 322 g/mol. The Balaban J connectivity index is 1.43. The number of nitrogens with one attached hydrogen (secondary N) is 1. The van der Waals surface area contributed by atoms with Gasteiger partial charge in [0.1, 0.15) is 12.4 Å². The second-order valence-electron chi connectivity index (χ2n) is 6.85. The average Bonchev–Trinajstić information content (AvgIpc) is 2.98. The monoisotopic (exact) mass is 322 g/mol. The molecular weight excluding hydrogens is 300 g/mol. The van der Waals surface area contributed by atoms with E-state index in [0.29, 0.717) is 30.0 Å². The highest BCUT2D eigenvalue weighted by atomic mass is 16.5. The largest absolute Gasteiger partial charge is 0.487 e. The quantitative estimate of drug-likeness (QED) is 0.858. The van der Waals surface area contributed by atoms with Crippen molar-refractivity contribution in [2.45, 2.75) is 44.4 Å². The van der Waals surface area contributed by atoms with Crippen molar-refractivity contribution in [2.75, 3.05) is 0 Å². The number of benzene rings is 1. The third kappa shape index (κ3) is 3.34. The van der Waals surface area contributed by atoms with Crippen LogP contribution in [0.4, 0.5) is 0 Å². The van der Waals surface area contributed by atoms with Crippen LogP contribution in [0.5, 0.6) is 5.75 Å². The van der Waals surface area contributed by atoms with Gasteiger partial charge in [-0.15, -0.1) is 0 Å². The van der Waals surface area contributed by atoms with Crippen molar-refractivity contribution in [3.63, 3.8) is 0 Å². The number of hydrogen-bond donors (Lipinski definition) is 1. The van der Waals surface area contributed by atoms with Crippen molar-refractivity contribution < 1.29 is 9.53 Å². The summed E-state index contributed by atoms with van der Waals surface area (Å²) in [6.07, 6.45) is 7.64. The zero-order chi connectivity index (χ0) is 16.4. The summed E-state index contributed by atoms with van der Waals surface area (Å²) in [6.45, 7) is 0.484. The SMILES string of the molecule is O=C(c1cncc(OCc2ccccc2)c1)C1CC2CCC(C1)N2. The molecule has 2 atom stereocenters. The lowest BCUT2D eigenvalue weighted by Crippen LogP contribution is -2.40. The number of ether oxygens (including phenoxy) is 1. The van der Waals surface area contributed by atoms with Gasteiger partial charge in [-0.3, -0.25) is 9.78 Å². The van der Waals surface area contributed by atoms with Crippen molar-refractivity contribution in [3.05, 3.63) is 59.9 Å². The van der Waals surface area contributed by atoms with Gasteiger partial charge in [-0.2, -0.15) is 0 Å². The van der Waals surface area contributed by atoms with E-state index in [1.165, 1.54) is 12.8 Å². The lowest BCUT2D eigenvalue weighted by atomic mass is 9.86. The minimum Gasteiger partial charge on any atom is -0.487 e. The van der Waals surface area contributed by atoms with E-state index in [1.54, 1.807) is 12.4 Å². The Labute approximate surface area is 142 Å². The summed E-state index contributed by atoms with van der Waals surface area (Å²) in [4.78, 5) is 17.0. The Morgan fingerprint density at radius 1 is 1.12 bits per heavy atom. The van der Waals surface area contributed by atoms with Crippen molar-refractivity contribution in [1.29, 1.82) is 0 Å². The third-order valence-corrected chi connectivity index (χ3v) is 5.09. The third-order valence-electron chi connectivity index (χ3n) is 5.09. The van der Waals surface area contributed by atoms with Crippen LogP contribution < -0.4 is 10.1 Å². The number of ketones is 1. The normalized spacial score (nSPS) is 25.4. The van der Waals surface area contributed by atoms with Crippen LogP contribution in [0.15, 0.2) is 48.8 Å². The first-order chi connectivity index (χ1) is 11.8. The first-order valence-electron chi connectivity index (χ1n) is 8.70. The van der Waals surface area contributed by atoms with E-state index >= 15 is 0 Å². The van der Waals surface area contributed by atoms with Gasteiger partial charge in [-0.25, -0.2) is 0 Å². The van der Waals surface area contributed by atoms with E-state index in [0.717, 1.165) is 18.4 Å². The number of fused-ring (bicyclic) bond motifs is 2. The maximum absolute atomic E-state index is 12.8. The first kappa shape index (κ1) is 15.3. The molecule has 124 valence electrons. The molecule has 2 fully saturated rings. The number of Topliss-reactive ketones (excluding diaryl/α,β-unsaturated/α-hetero) is 1. The molecule has 1 N–H and O–H groups in total. The Morgan fingerprint density at radius 2 is 1.88 bits per heavy atom. The molecule has 2 unspecified atom stereocenters. The molecule has 2 aliphatic heterocycles. The molecule has 4 rings (SSSR count). The highest BCUT2D eigenvalue weighted by molar-refractivity contribution is 5.98. The molecule has 4 nitrogen and oxygen atoms in total. The minimum absolute atomic E-state index is 0.120. The molecule has 2 aromatic rings. The van der Waals surface area contributed by atoms with Crippen LogP contribution in [0, 0.1) is 5.92 Å². The minimum atomic E-state index is 0.120. The summed E-state index contributed by atoms with van der Waals surface area (Å²) >= 11 is 0. The standard InChI is InChI=1S/C20H22N2O2/c23-20(15-8-17-6-7-18(9-15)22-17)16-10-19(12-21-11-16)24-13-14-4-2-1-3-5-14/h1-5,10-12,15,17-18,22H,6-9,13H2. The zero-order valence-corrected chi connectivity index (χ0v) is 13.7. The molecule has 4 heteroatoms. The molecule has 1 aromatic heterocycles.